The fourth-order valence-corrected chi connectivity index (χ4v) is 5.64. The molecule has 0 aromatic carbocycles. The molecule has 0 spiro atoms. The Morgan fingerprint density at radius 3 is 2.26 bits per heavy atom. The molecule has 1 heterocycles. The molecule has 1 saturated heterocycles. The average Bonchev–Trinajstić information content (AvgIpc) is 2.73. The lowest BCUT2D eigenvalue weighted by molar-refractivity contribution is -0.118. The largest absolute Gasteiger partial charge is 0.297 e. The molecule has 5 aliphatic rings. The minimum Gasteiger partial charge on any atom is -0.297 e. The first kappa shape index (κ1) is 11.9. The monoisotopic (exact) mass is 258 g/mol. The van der Waals surface area contributed by atoms with Gasteiger partial charge in [-0.3, -0.25) is 9.69 Å². The van der Waals surface area contributed by atoms with Gasteiger partial charge in [-0.05, 0) is 61.7 Å². The third-order valence-corrected chi connectivity index (χ3v) is 6.26. The van der Waals surface area contributed by atoms with Gasteiger partial charge < -0.3 is 0 Å². The van der Waals surface area contributed by atoms with Crippen molar-refractivity contribution in [2.24, 2.45) is 35.5 Å². The van der Waals surface area contributed by atoms with E-state index in [1.807, 2.05) is 0 Å². The highest BCUT2D eigenvalue weighted by Crippen LogP contribution is 2.56. The summed E-state index contributed by atoms with van der Waals surface area (Å²) in [6, 6.07) is 2.15. The van der Waals surface area contributed by atoms with E-state index in [0.29, 0.717) is 13.1 Å². The van der Waals surface area contributed by atoms with E-state index >= 15 is 0 Å². The topological polar surface area (TPSA) is 44.1 Å². The van der Waals surface area contributed by atoms with Crippen LogP contribution < -0.4 is 0 Å². The zero-order chi connectivity index (χ0) is 13.0. The van der Waals surface area contributed by atoms with Gasteiger partial charge in [0.15, 0.2) is 5.78 Å². The van der Waals surface area contributed by atoms with Crippen molar-refractivity contribution in [2.75, 3.05) is 19.6 Å². The zero-order valence-electron chi connectivity index (χ0n) is 11.4. The number of likely N-dealkylation sites (tertiary alicyclic amines) is 1. The molecule has 0 N–H and O–H groups in total. The summed E-state index contributed by atoms with van der Waals surface area (Å²) >= 11 is 0. The summed E-state index contributed by atoms with van der Waals surface area (Å²) in [5.74, 6) is 4.50. The average molecular weight is 258 g/mol. The molecule has 102 valence electrons. The molecule has 19 heavy (non-hydrogen) atoms. The minimum atomic E-state index is -0.350. The molecule has 0 aromatic heterocycles. The van der Waals surface area contributed by atoms with Gasteiger partial charge in [0.05, 0.1) is 12.6 Å². The van der Waals surface area contributed by atoms with Crippen LogP contribution in [0.1, 0.15) is 32.1 Å². The van der Waals surface area contributed by atoms with Crippen LogP contribution in [0.4, 0.5) is 0 Å². The van der Waals surface area contributed by atoms with Crippen LogP contribution in [0, 0.1) is 46.8 Å². The van der Waals surface area contributed by atoms with Crippen LogP contribution in [0.25, 0.3) is 0 Å². The molecule has 5 fully saturated rings. The Morgan fingerprint density at radius 1 is 1.11 bits per heavy atom. The minimum absolute atomic E-state index is 0.145. The summed E-state index contributed by atoms with van der Waals surface area (Å²) in [7, 11) is 0. The number of carbonyl (C=O) groups excluding carboxylic acids is 1. The second-order valence-corrected chi connectivity index (χ2v) is 7.44. The molecule has 4 aliphatic carbocycles. The Bertz CT molecular complexity index is 411. The normalized spacial score (nSPS) is 48.7. The highest BCUT2D eigenvalue weighted by Gasteiger charge is 2.48. The molecule has 4 saturated carbocycles. The van der Waals surface area contributed by atoms with Gasteiger partial charge in [0.25, 0.3) is 0 Å². The molecular formula is C16H22N2O. The summed E-state index contributed by atoms with van der Waals surface area (Å²) in [6.07, 6.45) is 7.28. The fraction of sp³-hybridized carbons (Fsp3) is 0.875. The molecule has 0 radical (unpaired) electrons. The van der Waals surface area contributed by atoms with Crippen LogP contribution in [0.2, 0.25) is 0 Å². The maximum Gasteiger partial charge on any atom is 0.165 e. The smallest absolute Gasteiger partial charge is 0.165 e. The van der Waals surface area contributed by atoms with Gasteiger partial charge in [-0.1, -0.05) is 0 Å². The zero-order valence-corrected chi connectivity index (χ0v) is 11.4. The Labute approximate surface area is 115 Å². The number of carbonyl (C=O) groups is 1. The van der Waals surface area contributed by atoms with E-state index in [9.17, 15) is 4.79 Å². The van der Waals surface area contributed by atoms with Crippen molar-refractivity contribution in [3.8, 4) is 6.07 Å². The molecule has 1 unspecified atom stereocenters. The molecule has 3 heteroatoms. The van der Waals surface area contributed by atoms with Crippen molar-refractivity contribution < 1.29 is 4.79 Å². The Hall–Kier alpha value is -0.880. The van der Waals surface area contributed by atoms with E-state index in [1.165, 1.54) is 32.1 Å². The quantitative estimate of drug-likeness (QED) is 0.761. The summed E-state index contributed by atoms with van der Waals surface area (Å²) in [5, 5.41) is 8.96. The van der Waals surface area contributed by atoms with Crippen molar-refractivity contribution in [3.05, 3.63) is 0 Å². The molecule has 5 rings (SSSR count). The number of hydrogen-bond acceptors (Lipinski definition) is 3. The number of rotatable bonds is 2. The third kappa shape index (κ3) is 1.92. The SMILES string of the molecule is N#CC1CN(CC2C3CC4CC(C3)CC2C4)CC1=O. The van der Waals surface area contributed by atoms with Gasteiger partial charge in [0, 0.05) is 13.1 Å². The van der Waals surface area contributed by atoms with E-state index in [4.69, 9.17) is 5.26 Å². The molecular weight excluding hydrogens is 236 g/mol. The highest BCUT2D eigenvalue weighted by molar-refractivity contribution is 5.87. The van der Waals surface area contributed by atoms with E-state index in [0.717, 1.165) is 36.1 Å². The number of hydrogen-bond donors (Lipinski definition) is 0. The lowest BCUT2D eigenvalue weighted by Crippen LogP contribution is -2.48. The number of nitriles is 1. The molecule has 3 nitrogen and oxygen atoms in total. The van der Waals surface area contributed by atoms with Gasteiger partial charge >= 0.3 is 0 Å². The third-order valence-electron chi connectivity index (χ3n) is 6.26. The first-order valence-electron chi connectivity index (χ1n) is 7.87. The summed E-state index contributed by atoms with van der Waals surface area (Å²) in [4.78, 5) is 14.0. The van der Waals surface area contributed by atoms with Crippen molar-refractivity contribution in [1.82, 2.24) is 4.90 Å². The van der Waals surface area contributed by atoms with E-state index in [2.05, 4.69) is 11.0 Å². The van der Waals surface area contributed by atoms with Crippen LogP contribution in [0.15, 0.2) is 0 Å². The first-order valence-corrected chi connectivity index (χ1v) is 7.87. The Morgan fingerprint density at radius 2 is 1.74 bits per heavy atom. The maximum absolute atomic E-state index is 11.7. The summed E-state index contributed by atoms with van der Waals surface area (Å²) in [5.41, 5.74) is 0. The van der Waals surface area contributed by atoms with Crippen molar-refractivity contribution in [1.29, 1.82) is 5.26 Å². The van der Waals surface area contributed by atoms with Crippen molar-refractivity contribution in [3.63, 3.8) is 0 Å². The van der Waals surface area contributed by atoms with Gasteiger partial charge in [-0.25, -0.2) is 0 Å². The van der Waals surface area contributed by atoms with Gasteiger partial charge in [-0.15, -0.1) is 0 Å². The molecule has 4 bridgehead atoms. The van der Waals surface area contributed by atoms with Crippen LogP contribution >= 0.6 is 0 Å². The second-order valence-electron chi connectivity index (χ2n) is 7.44. The van der Waals surface area contributed by atoms with E-state index in [-0.39, 0.29) is 11.7 Å². The van der Waals surface area contributed by atoms with Crippen molar-refractivity contribution >= 4 is 5.78 Å². The van der Waals surface area contributed by atoms with Crippen molar-refractivity contribution in [2.45, 2.75) is 32.1 Å². The Balaban J connectivity index is 1.44. The lowest BCUT2D eigenvalue weighted by atomic mass is 9.52. The molecule has 0 amide bonds. The fourth-order valence-electron chi connectivity index (χ4n) is 5.64. The summed E-state index contributed by atoms with van der Waals surface area (Å²) in [6.45, 7) is 2.30. The van der Waals surface area contributed by atoms with Crippen LogP contribution in [-0.2, 0) is 4.79 Å². The van der Waals surface area contributed by atoms with Crippen LogP contribution in [0.5, 0.6) is 0 Å². The lowest BCUT2D eigenvalue weighted by Gasteiger charge is -2.55. The van der Waals surface area contributed by atoms with Gasteiger partial charge in [0.2, 0.25) is 0 Å². The van der Waals surface area contributed by atoms with Crippen LogP contribution in [0.3, 0.4) is 0 Å². The number of ketones is 1. The molecule has 1 atom stereocenters. The van der Waals surface area contributed by atoms with Gasteiger partial charge in [-0.2, -0.15) is 5.26 Å². The van der Waals surface area contributed by atoms with Gasteiger partial charge in [0.1, 0.15) is 5.92 Å². The number of nitrogens with zero attached hydrogens (tertiary/aromatic N) is 2. The Kier molecular flexibility index (Phi) is 2.70. The predicted molar refractivity (Wildman–Crippen MR) is 71.1 cm³/mol. The number of Topliss-reactive ketones (excluding diaryl/α,β-unsaturated/α-hetero) is 1. The molecule has 0 aromatic rings. The predicted octanol–water partition coefficient (Wildman–Crippen LogP) is 2.08. The van der Waals surface area contributed by atoms with E-state index < -0.39 is 0 Å². The second kappa shape index (κ2) is 4.31. The standard InChI is InChI=1S/C16H22N2O/c17-6-14-7-18(9-16(14)19)8-15-12-2-10-1-11(4-12)5-13(15)3-10/h10-15H,1-5,7-9H2. The highest BCUT2D eigenvalue weighted by atomic mass is 16.1. The maximum atomic E-state index is 11.7. The summed E-state index contributed by atoms with van der Waals surface area (Å²) < 4.78 is 0. The molecule has 1 aliphatic heterocycles. The van der Waals surface area contributed by atoms with E-state index in [1.54, 1.807) is 0 Å². The van der Waals surface area contributed by atoms with Crippen LogP contribution in [-0.4, -0.2) is 30.3 Å². The first-order chi connectivity index (χ1) is 9.22.